The molecule has 6 nitrogen and oxygen atoms in total. The highest BCUT2D eigenvalue weighted by Gasteiger charge is 2.12. The molecule has 0 spiro atoms. The zero-order chi connectivity index (χ0) is 19.6. The van der Waals surface area contributed by atoms with E-state index >= 15 is 0 Å². The lowest BCUT2D eigenvalue weighted by atomic mass is 10.1. The molecule has 160 valence electrons. The molecule has 2 aromatic rings. The van der Waals surface area contributed by atoms with Gasteiger partial charge >= 0.3 is 0 Å². The maximum atomic E-state index is 14.3. The first kappa shape index (κ1) is 23.6. The minimum absolute atomic E-state index is 0. The fourth-order valence-electron chi connectivity index (χ4n) is 3.48. The normalized spacial score (nSPS) is 15.4. The van der Waals surface area contributed by atoms with Gasteiger partial charge in [-0.25, -0.2) is 9.37 Å². The topological polar surface area (TPSA) is 63.5 Å². The van der Waals surface area contributed by atoms with Crippen LogP contribution in [0.5, 0.6) is 0 Å². The van der Waals surface area contributed by atoms with Gasteiger partial charge in [0.05, 0.1) is 24.7 Å². The zero-order valence-corrected chi connectivity index (χ0v) is 19.3. The fourth-order valence-corrected chi connectivity index (χ4v) is 3.48. The van der Waals surface area contributed by atoms with Crippen LogP contribution in [-0.4, -0.2) is 41.8 Å². The first-order valence-corrected chi connectivity index (χ1v) is 10.1. The van der Waals surface area contributed by atoms with E-state index in [0.717, 1.165) is 5.56 Å². The quantitative estimate of drug-likeness (QED) is 0.192. The molecule has 0 unspecified atom stereocenters. The highest BCUT2D eigenvalue weighted by Crippen LogP contribution is 2.19. The van der Waals surface area contributed by atoms with Crippen LogP contribution in [0.3, 0.4) is 0 Å². The first-order valence-electron chi connectivity index (χ1n) is 10.1. The van der Waals surface area contributed by atoms with Crippen molar-refractivity contribution in [1.82, 2.24) is 20.2 Å². The number of imidazole rings is 1. The molecule has 0 radical (unpaired) electrons. The van der Waals surface area contributed by atoms with Gasteiger partial charge < -0.3 is 19.9 Å². The van der Waals surface area contributed by atoms with E-state index in [4.69, 9.17) is 4.74 Å². The van der Waals surface area contributed by atoms with E-state index in [9.17, 15) is 4.39 Å². The number of nitrogens with zero attached hydrogens (tertiary/aromatic N) is 3. The summed E-state index contributed by atoms with van der Waals surface area (Å²) in [6.45, 7) is 1.86. The van der Waals surface area contributed by atoms with Crippen LogP contribution in [0.2, 0.25) is 0 Å². The number of rotatable bonds is 7. The number of benzene rings is 1. The molecule has 1 fully saturated rings. The number of hydrogen-bond acceptors (Lipinski definition) is 3. The third-order valence-corrected chi connectivity index (χ3v) is 5.03. The first-order chi connectivity index (χ1) is 13.8. The van der Waals surface area contributed by atoms with Crippen molar-refractivity contribution in [3.63, 3.8) is 0 Å². The standard InChI is InChI=1S/C21H30FN5O.HI/c1-23-21(25-11-13-28-18-6-4-2-3-5-7-18)26-15-17-8-9-20(19(22)14-17)27-12-10-24-16-27;/h8-10,12,14,16,18H,2-7,11,13,15H2,1H3,(H2,23,25,26);1H. The van der Waals surface area contributed by atoms with E-state index in [1.54, 1.807) is 36.4 Å². The van der Waals surface area contributed by atoms with E-state index in [0.29, 0.717) is 37.4 Å². The molecular weight excluding hydrogens is 484 g/mol. The lowest BCUT2D eigenvalue weighted by Gasteiger charge is -2.17. The van der Waals surface area contributed by atoms with Gasteiger partial charge in [0.1, 0.15) is 5.82 Å². The van der Waals surface area contributed by atoms with Crippen LogP contribution in [0.15, 0.2) is 41.9 Å². The van der Waals surface area contributed by atoms with Crippen LogP contribution < -0.4 is 10.6 Å². The van der Waals surface area contributed by atoms with Gasteiger partial charge in [-0.15, -0.1) is 24.0 Å². The van der Waals surface area contributed by atoms with E-state index in [2.05, 4.69) is 20.6 Å². The molecule has 2 N–H and O–H groups in total. The smallest absolute Gasteiger partial charge is 0.191 e. The molecule has 1 aromatic heterocycles. The number of aliphatic imine (C=N–C) groups is 1. The molecular formula is C21H31FIN5O. The molecule has 1 aliphatic rings. The van der Waals surface area contributed by atoms with Gasteiger partial charge in [0.15, 0.2) is 5.96 Å². The van der Waals surface area contributed by atoms with Gasteiger partial charge in [-0.2, -0.15) is 0 Å². The van der Waals surface area contributed by atoms with Crippen LogP contribution in [0.1, 0.15) is 44.1 Å². The number of ether oxygens (including phenoxy) is 1. The van der Waals surface area contributed by atoms with Gasteiger partial charge in [-0.05, 0) is 30.5 Å². The van der Waals surface area contributed by atoms with Gasteiger partial charge in [-0.3, -0.25) is 4.99 Å². The summed E-state index contributed by atoms with van der Waals surface area (Å²) in [5, 5.41) is 6.46. The average Bonchev–Trinajstić information content (AvgIpc) is 3.11. The van der Waals surface area contributed by atoms with Crippen molar-refractivity contribution in [2.45, 2.75) is 51.2 Å². The Labute approximate surface area is 189 Å². The fraction of sp³-hybridized carbons (Fsp3) is 0.524. The number of halogens is 2. The summed E-state index contributed by atoms with van der Waals surface area (Å²) in [6, 6.07) is 5.18. The molecule has 8 heteroatoms. The molecule has 0 atom stereocenters. The Morgan fingerprint density at radius 3 is 2.69 bits per heavy atom. The average molecular weight is 515 g/mol. The van der Waals surface area contributed by atoms with Crippen molar-refractivity contribution in [2.75, 3.05) is 20.2 Å². The Hall–Kier alpha value is -1.68. The highest BCUT2D eigenvalue weighted by molar-refractivity contribution is 14.0. The summed E-state index contributed by atoms with van der Waals surface area (Å²) in [6.07, 6.45) is 12.9. The van der Waals surface area contributed by atoms with Crippen LogP contribution in [0, 0.1) is 5.82 Å². The molecule has 0 bridgehead atoms. The number of hydrogen-bond donors (Lipinski definition) is 2. The van der Waals surface area contributed by atoms with E-state index < -0.39 is 0 Å². The molecule has 1 saturated carbocycles. The lowest BCUT2D eigenvalue weighted by Crippen LogP contribution is -2.39. The van der Waals surface area contributed by atoms with E-state index in [-0.39, 0.29) is 29.8 Å². The highest BCUT2D eigenvalue weighted by atomic mass is 127. The number of nitrogens with one attached hydrogen (secondary N) is 2. The summed E-state index contributed by atoms with van der Waals surface area (Å²) in [7, 11) is 1.73. The van der Waals surface area contributed by atoms with E-state index in [1.165, 1.54) is 44.6 Å². The van der Waals surface area contributed by atoms with E-state index in [1.807, 2.05) is 6.07 Å². The van der Waals surface area contributed by atoms with Crippen molar-refractivity contribution in [3.8, 4) is 5.69 Å². The lowest BCUT2D eigenvalue weighted by molar-refractivity contribution is 0.0468. The van der Waals surface area contributed by atoms with Crippen molar-refractivity contribution in [1.29, 1.82) is 0 Å². The summed E-state index contributed by atoms with van der Waals surface area (Å²) in [5.41, 5.74) is 1.33. The Morgan fingerprint density at radius 2 is 2.03 bits per heavy atom. The second kappa shape index (κ2) is 12.8. The minimum Gasteiger partial charge on any atom is -0.376 e. The van der Waals surface area contributed by atoms with Crippen molar-refractivity contribution in [3.05, 3.63) is 48.3 Å². The Bertz CT molecular complexity index is 746. The molecule has 29 heavy (non-hydrogen) atoms. The summed E-state index contributed by atoms with van der Waals surface area (Å²) >= 11 is 0. The Kier molecular flexibility index (Phi) is 10.4. The summed E-state index contributed by atoms with van der Waals surface area (Å²) in [4.78, 5) is 8.17. The van der Waals surface area contributed by atoms with Crippen LogP contribution in [-0.2, 0) is 11.3 Å². The van der Waals surface area contributed by atoms with Crippen LogP contribution in [0.4, 0.5) is 4.39 Å². The number of guanidine groups is 1. The van der Waals surface area contributed by atoms with Gasteiger partial charge in [0.25, 0.3) is 0 Å². The second-order valence-electron chi connectivity index (χ2n) is 7.09. The van der Waals surface area contributed by atoms with Crippen molar-refractivity contribution in [2.24, 2.45) is 4.99 Å². The van der Waals surface area contributed by atoms with Crippen molar-refractivity contribution >= 4 is 29.9 Å². The number of aromatic nitrogens is 2. The monoisotopic (exact) mass is 515 g/mol. The SMILES string of the molecule is CN=C(NCCOC1CCCCCC1)NCc1ccc(-n2ccnc2)c(F)c1.I. The van der Waals surface area contributed by atoms with Gasteiger partial charge in [0.2, 0.25) is 0 Å². The van der Waals surface area contributed by atoms with Crippen LogP contribution in [0.25, 0.3) is 5.69 Å². The van der Waals surface area contributed by atoms with Crippen molar-refractivity contribution < 1.29 is 9.13 Å². The molecule has 1 aromatic carbocycles. The Morgan fingerprint density at radius 1 is 1.24 bits per heavy atom. The maximum absolute atomic E-state index is 14.3. The molecule has 0 amide bonds. The second-order valence-corrected chi connectivity index (χ2v) is 7.09. The maximum Gasteiger partial charge on any atom is 0.191 e. The summed E-state index contributed by atoms with van der Waals surface area (Å²) in [5.74, 6) is 0.403. The minimum atomic E-state index is -0.281. The summed E-state index contributed by atoms with van der Waals surface area (Å²) < 4.78 is 22.0. The predicted molar refractivity (Wildman–Crippen MR) is 125 cm³/mol. The predicted octanol–water partition coefficient (Wildman–Crippen LogP) is 4.03. The molecule has 1 aliphatic carbocycles. The molecule has 3 rings (SSSR count). The Balaban J connectivity index is 0.00000300. The third-order valence-electron chi connectivity index (χ3n) is 5.03. The molecule has 0 aliphatic heterocycles. The van der Waals surface area contributed by atoms with Gasteiger partial charge in [-0.1, -0.05) is 31.7 Å². The molecule has 0 saturated heterocycles. The third kappa shape index (κ3) is 7.58. The van der Waals surface area contributed by atoms with Crippen LogP contribution >= 0.6 is 24.0 Å². The largest absolute Gasteiger partial charge is 0.376 e. The zero-order valence-electron chi connectivity index (χ0n) is 16.9. The molecule has 1 heterocycles. The van der Waals surface area contributed by atoms with Gasteiger partial charge in [0, 0.05) is 32.5 Å².